The normalized spacial score (nSPS) is 14.3. The Morgan fingerprint density at radius 2 is 1.87 bits per heavy atom. The van der Waals surface area contributed by atoms with Gasteiger partial charge in [-0.15, -0.1) is 0 Å². The van der Waals surface area contributed by atoms with Gasteiger partial charge in [-0.3, -0.25) is 9.59 Å². The van der Waals surface area contributed by atoms with Gasteiger partial charge in [0.2, 0.25) is 5.91 Å². The average Bonchev–Trinajstić information content (AvgIpc) is 3.27. The number of hydrogen-bond donors (Lipinski definition) is 1. The van der Waals surface area contributed by atoms with Crippen LogP contribution in [0.15, 0.2) is 24.3 Å². The Labute approximate surface area is 131 Å². The van der Waals surface area contributed by atoms with Crippen LogP contribution in [0.5, 0.6) is 5.75 Å². The van der Waals surface area contributed by atoms with E-state index in [0.717, 1.165) is 37.1 Å². The predicted molar refractivity (Wildman–Crippen MR) is 75.7 cm³/mol. The van der Waals surface area contributed by atoms with Gasteiger partial charge in [-0.1, -0.05) is 0 Å². The van der Waals surface area contributed by atoms with Gasteiger partial charge < -0.3 is 15.0 Å². The van der Waals surface area contributed by atoms with Crippen LogP contribution in [0.4, 0.5) is 13.2 Å². The number of nitrogens with one attached hydrogen (secondary N) is 1. The number of rotatable bonds is 6. The van der Waals surface area contributed by atoms with Crippen LogP contribution in [0, 0.1) is 0 Å². The van der Waals surface area contributed by atoms with Crippen LogP contribution in [0.3, 0.4) is 0 Å². The van der Waals surface area contributed by atoms with E-state index < -0.39 is 17.6 Å². The maximum atomic E-state index is 12.4. The zero-order chi connectivity index (χ0) is 17.0. The molecule has 8 heteroatoms. The molecule has 1 fully saturated rings. The molecule has 1 aromatic carbocycles. The van der Waals surface area contributed by atoms with Crippen molar-refractivity contribution in [1.82, 2.24) is 10.2 Å². The van der Waals surface area contributed by atoms with Gasteiger partial charge >= 0.3 is 6.18 Å². The van der Waals surface area contributed by atoms with E-state index >= 15 is 0 Å². The molecule has 1 saturated carbocycles. The Morgan fingerprint density at radius 1 is 1.26 bits per heavy atom. The SMILES string of the molecule is CN(CC(=O)NC1CC1)C(=O)COc1ccc(C(F)(F)F)cc1. The molecule has 0 unspecified atom stereocenters. The zero-order valence-corrected chi connectivity index (χ0v) is 12.5. The van der Waals surface area contributed by atoms with Crippen LogP contribution < -0.4 is 10.1 Å². The number of benzene rings is 1. The number of ether oxygens (including phenoxy) is 1. The lowest BCUT2D eigenvalue weighted by atomic mass is 10.2. The second-order valence-electron chi connectivity index (χ2n) is 5.40. The number of nitrogens with zero attached hydrogens (tertiary/aromatic N) is 1. The van der Waals surface area contributed by atoms with Gasteiger partial charge in [0.1, 0.15) is 5.75 Å². The number of halogens is 3. The molecule has 0 atom stereocenters. The lowest BCUT2D eigenvalue weighted by Gasteiger charge is -2.17. The van der Waals surface area contributed by atoms with E-state index in [1.807, 2.05) is 0 Å². The summed E-state index contributed by atoms with van der Waals surface area (Å²) in [6, 6.07) is 4.28. The number of likely N-dealkylation sites (N-methyl/N-ethyl adjacent to an activating group) is 1. The van der Waals surface area contributed by atoms with Gasteiger partial charge in [-0.05, 0) is 37.1 Å². The summed E-state index contributed by atoms with van der Waals surface area (Å²) in [6.45, 7) is -0.426. The van der Waals surface area contributed by atoms with Crippen molar-refractivity contribution in [2.75, 3.05) is 20.2 Å². The Kier molecular flexibility index (Phi) is 5.12. The first-order valence-electron chi connectivity index (χ1n) is 7.09. The summed E-state index contributed by atoms with van der Waals surface area (Å²) >= 11 is 0. The molecule has 0 saturated heterocycles. The highest BCUT2D eigenvalue weighted by Crippen LogP contribution is 2.30. The van der Waals surface area contributed by atoms with Crippen LogP contribution in [0.25, 0.3) is 0 Å². The third kappa shape index (κ3) is 5.46. The molecule has 1 aliphatic carbocycles. The van der Waals surface area contributed by atoms with Crippen molar-refractivity contribution in [2.45, 2.75) is 25.1 Å². The van der Waals surface area contributed by atoms with Crippen LogP contribution in [-0.4, -0.2) is 43.0 Å². The molecule has 0 spiro atoms. The number of carbonyl (C=O) groups is 2. The molecule has 0 radical (unpaired) electrons. The van der Waals surface area contributed by atoms with Gasteiger partial charge in [0.05, 0.1) is 12.1 Å². The molecule has 1 aliphatic rings. The van der Waals surface area contributed by atoms with Crippen molar-refractivity contribution >= 4 is 11.8 Å². The standard InChI is InChI=1S/C15H17F3N2O3/c1-20(8-13(21)19-11-4-5-11)14(22)9-23-12-6-2-10(3-7-12)15(16,17)18/h2-3,6-7,11H,4-5,8-9H2,1H3,(H,19,21). The highest BCUT2D eigenvalue weighted by Gasteiger charge is 2.30. The van der Waals surface area contributed by atoms with Crippen LogP contribution >= 0.6 is 0 Å². The maximum absolute atomic E-state index is 12.4. The number of amides is 2. The fourth-order valence-corrected chi connectivity index (χ4v) is 1.80. The molecule has 0 bridgehead atoms. The van der Waals surface area contributed by atoms with Gasteiger partial charge in [-0.25, -0.2) is 0 Å². The summed E-state index contributed by atoms with van der Waals surface area (Å²) < 4.78 is 42.4. The first kappa shape index (κ1) is 17.1. The molecule has 0 aliphatic heterocycles. The monoisotopic (exact) mass is 330 g/mol. The van der Waals surface area contributed by atoms with Crippen LogP contribution in [-0.2, 0) is 15.8 Å². The van der Waals surface area contributed by atoms with E-state index in [9.17, 15) is 22.8 Å². The third-order valence-electron chi connectivity index (χ3n) is 3.29. The van der Waals surface area contributed by atoms with Crippen molar-refractivity contribution in [3.05, 3.63) is 29.8 Å². The molecule has 0 aromatic heterocycles. The number of alkyl halides is 3. The fourth-order valence-electron chi connectivity index (χ4n) is 1.80. The first-order valence-corrected chi connectivity index (χ1v) is 7.09. The van der Waals surface area contributed by atoms with Gasteiger partial charge in [0, 0.05) is 13.1 Å². The van der Waals surface area contributed by atoms with Crippen LogP contribution in [0.2, 0.25) is 0 Å². The minimum absolute atomic E-state index is 0.0777. The Balaban J connectivity index is 1.77. The maximum Gasteiger partial charge on any atom is 0.416 e. The highest BCUT2D eigenvalue weighted by atomic mass is 19.4. The van der Waals surface area contributed by atoms with Crippen molar-refractivity contribution in [2.24, 2.45) is 0 Å². The largest absolute Gasteiger partial charge is 0.484 e. The quantitative estimate of drug-likeness (QED) is 0.866. The summed E-state index contributed by atoms with van der Waals surface area (Å²) in [5.74, 6) is -0.518. The number of carbonyl (C=O) groups excluding carboxylic acids is 2. The second-order valence-corrected chi connectivity index (χ2v) is 5.40. The molecule has 126 valence electrons. The minimum atomic E-state index is -4.41. The summed E-state index contributed by atoms with van der Waals surface area (Å²) in [6.07, 6.45) is -2.50. The molecule has 1 aromatic rings. The Morgan fingerprint density at radius 3 is 2.39 bits per heavy atom. The molecular weight excluding hydrogens is 313 g/mol. The molecule has 23 heavy (non-hydrogen) atoms. The topological polar surface area (TPSA) is 58.6 Å². The van der Waals surface area contributed by atoms with Gasteiger partial charge in [0.25, 0.3) is 5.91 Å². The average molecular weight is 330 g/mol. The van der Waals surface area contributed by atoms with Crippen molar-refractivity contribution in [3.63, 3.8) is 0 Å². The van der Waals surface area contributed by atoms with E-state index in [1.165, 1.54) is 11.9 Å². The Hall–Kier alpha value is -2.25. The van der Waals surface area contributed by atoms with Gasteiger partial charge in [0.15, 0.2) is 6.61 Å². The molecule has 2 amide bonds. The van der Waals surface area contributed by atoms with E-state index in [4.69, 9.17) is 4.74 Å². The van der Waals surface area contributed by atoms with E-state index in [-0.39, 0.29) is 30.9 Å². The zero-order valence-electron chi connectivity index (χ0n) is 12.5. The molecule has 2 rings (SSSR count). The van der Waals surface area contributed by atoms with E-state index in [0.29, 0.717) is 0 Å². The smallest absolute Gasteiger partial charge is 0.416 e. The van der Waals surface area contributed by atoms with Crippen molar-refractivity contribution < 1.29 is 27.5 Å². The minimum Gasteiger partial charge on any atom is -0.484 e. The summed E-state index contributed by atoms with van der Waals surface area (Å²) in [5, 5.41) is 2.75. The number of hydrogen-bond acceptors (Lipinski definition) is 3. The summed E-state index contributed by atoms with van der Waals surface area (Å²) in [4.78, 5) is 24.6. The predicted octanol–water partition coefficient (Wildman–Crippen LogP) is 1.82. The van der Waals surface area contributed by atoms with E-state index in [2.05, 4.69) is 5.32 Å². The Bertz CT molecular complexity index is 568. The summed E-state index contributed by atoms with van der Waals surface area (Å²) in [5.41, 5.74) is -0.787. The lowest BCUT2D eigenvalue weighted by molar-refractivity contribution is -0.137. The third-order valence-corrected chi connectivity index (χ3v) is 3.29. The molecule has 5 nitrogen and oxygen atoms in total. The lowest BCUT2D eigenvalue weighted by Crippen LogP contribution is -2.40. The van der Waals surface area contributed by atoms with Crippen molar-refractivity contribution in [1.29, 1.82) is 0 Å². The fraction of sp³-hybridized carbons (Fsp3) is 0.467. The van der Waals surface area contributed by atoms with Crippen LogP contribution in [0.1, 0.15) is 18.4 Å². The van der Waals surface area contributed by atoms with E-state index in [1.54, 1.807) is 0 Å². The highest BCUT2D eigenvalue weighted by molar-refractivity contribution is 5.85. The summed E-state index contributed by atoms with van der Waals surface area (Å²) in [7, 11) is 1.46. The van der Waals surface area contributed by atoms with Gasteiger partial charge in [-0.2, -0.15) is 13.2 Å². The molecule has 0 heterocycles. The molecular formula is C15H17F3N2O3. The molecule has 1 N–H and O–H groups in total. The van der Waals surface area contributed by atoms with Crippen molar-refractivity contribution in [3.8, 4) is 5.75 Å². The first-order chi connectivity index (χ1) is 10.8. The second kappa shape index (κ2) is 6.89.